The van der Waals surface area contributed by atoms with Gasteiger partial charge in [-0.3, -0.25) is 9.48 Å². The molecular weight excluding hydrogens is 304 g/mol. The summed E-state index contributed by atoms with van der Waals surface area (Å²) in [6.07, 6.45) is 7.21. The van der Waals surface area contributed by atoms with Crippen molar-refractivity contribution in [2.24, 2.45) is 0 Å². The van der Waals surface area contributed by atoms with Crippen molar-refractivity contribution in [3.8, 4) is 5.69 Å². The maximum Gasteiger partial charge on any atom is 0.276 e. The number of rotatable bonds is 4. The van der Waals surface area contributed by atoms with Crippen LogP contribution in [-0.4, -0.2) is 48.2 Å². The van der Waals surface area contributed by atoms with Crippen molar-refractivity contribution in [1.82, 2.24) is 29.7 Å². The lowest BCUT2D eigenvalue weighted by Crippen LogP contribution is -2.38. The summed E-state index contributed by atoms with van der Waals surface area (Å²) in [5, 5.41) is 12.8. The highest BCUT2D eigenvalue weighted by Crippen LogP contribution is 2.21. The second-order valence-corrected chi connectivity index (χ2v) is 5.88. The van der Waals surface area contributed by atoms with Crippen LogP contribution in [0.2, 0.25) is 0 Å². The Balaban J connectivity index is 1.52. The molecule has 1 aromatic carbocycles. The minimum absolute atomic E-state index is 0.0631. The van der Waals surface area contributed by atoms with Gasteiger partial charge in [-0.2, -0.15) is 15.0 Å². The third kappa shape index (κ3) is 2.80. The van der Waals surface area contributed by atoms with Crippen LogP contribution in [0, 0.1) is 0 Å². The Morgan fingerprint density at radius 2 is 2.04 bits per heavy atom. The summed E-state index contributed by atoms with van der Waals surface area (Å²) in [7, 11) is 0. The SMILES string of the molecule is O=C(c1cnn(-c2ccccc2)n1)N1CCC[C@H]1Cn1cccn1. The quantitative estimate of drug-likeness (QED) is 0.734. The summed E-state index contributed by atoms with van der Waals surface area (Å²) in [4.78, 5) is 16.2. The zero-order valence-corrected chi connectivity index (χ0v) is 13.2. The molecule has 0 N–H and O–H groups in total. The summed E-state index contributed by atoms with van der Waals surface area (Å²) in [5.74, 6) is -0.0631. The van der Waals surface area contributed by atoms with Crippen LogP contribution in [0.3, 0.4) is 0 Å². The number of aromatic nitrogens is 5. The zero-order chi connectivity index (χ0) is 16.4. The van der Waals surface area contributed by atoms with Crippen molar-refractivity contribution >= 4 is 5.91 Å². The van der Waals surface area contributed by atoms with E-state index < -0.39 is 0 Å². The molecule has 0 spiro atoms. The standard InChI is InChI=1S/C17H18N6O/c24-17(16-12-19-23(20-16)14-6-2-1-3-7-14)22-11-4-8-15(22)13-21-10-5-9-18-21/h1-3,5-7,9-10,12,15H,4,8,11,13H2/t15-/m0/s1. The lowest BCUT2D eigenvalue weighted by atomic mass is 10.2. The van der Waals surface area contributed by atoms with Gasteiger partial charge in [0.15, 0.2) is 5.69 Å². The molecule has 7 heteroatoms. The third-order valence-corrected chi connectivity index (χ3v) is 4.29. The van der Waals surface area contributed by atoms with Crippen molar-refractivity contribution < 1.29 is 4.79 Å². The lowest BCUT2D eigenvalue weighted by Gasteiger charge is -2.23. The van der Waals surface area contributed by atoms with E-state index in [0.29, 0.717) is 12.2 Å². The highest BCUT2D eigenvalue weighted by molar-refractivity contribution is 5.92. The third-order valence-electron chi connectivity index (χ3n) is 4.29. The van der Waals surface area contributed by atoms with E-state index in [9.17, 15) is 4.79 Å². The fourth-order valence-corrected chi connectivity index (χ4v) is 3.11. The number of hydrogen-bond acceptors (Lipinski definition) is 4. The number of carbonyl (C=O) groups excluding carboxylic acids is 1. The van der Waals surface area contributed by atoms with Gasteiger partial charge in [0.2, 0.25) is 0 Å². The molecule has 1 saturated heterocycles. The van der Waals surface area contributed by atoms with Crippen LogP contribution in [0.4, 0.5) is 0 Å². The number of amides is 1. The number of para-hydroxylation sites is 1. The first kappa shape index (κ1) is 14.6. The lowest BCUT2D eigenvalue weighted by molar-refractivity contribution is 0.0715. The van der Waals surface area contributed by atoms with Crippen LogP contribution >= 0.6 is 0 Å². The fourth-order valence-electron chi connectivity index (χ4n) is 3.11. The Morgan fingerprint density at radius 1 is 1.17 bits per heavy atom. The van der Waals surface area contributed by atoms with Crippen LogP contribution in [0.25, 0.3) is 5.69 Å². The van der Waals surface area contributed by atoms with Crippen molar-refractivity contribution in [2.75, 3.05) is 6.54 Å². The molecule has 24 heavy (non-hydrogen) atoms. The normalized spacial score (nSPS) is 17.3. The van der Waals surface area contributed by atoms with Crippen LogP contribution in [0.5, 0.6) is 0 Å². The average Bonchev–Trinajstić information content (AvgIpc) is 3.37. The molecule has 0 saturated carbocycles. The number of carbonyl (C=O) groups is 1. The predicted molar refractivity (Wildman–Crippen MR) is 87.6 cm³/mol. The Bertz CT molecular complexity index is 811. The molecule has 1 aliphatic rings. The molecule has 0 bridgehead atoms. The molecule has 2 aromatic heterocycles. The molecule has 3 heterocycles. The maximum atomic E-state index is 12.8. The number of benzene rings is 1. The van der Waals surface area contributed by atoms with Crippen molar-refractivity contribution in [3.05, 3.63) is 60.7 Å². The number of hydrogen-bond donors (Lipinski definition) is 0. The van der Waals surface area contributed by atoms with Gasteiger partial charge < -0.3 is 4.90 Å². The Kier molecular flexibility index (Phi) is 3.82. The van der Waals surface area contributed by atoms with Gasteiger partial charge in [-0.05, 0) is 31.0 Å². The van der Waals surface area contributed by atoms with Gasteiger partial charge in [-0.25, -0.2) is 0 Å². The summed E-state index contributed by atoms with van der Waals surface area (Å²) < 4.78 is 1.87. The van der Waals surface area contributed by atoms with E-state index in [1.807, 2.05) is 52.2 Å². The second-order valence-electron chi connectivity index (χ2n) is 5.88. The highest BCUT2D eigenvalue weighted by Gasteiger charge is 2.31. The van der Waals surface area contributed by atoms with Gasteiger partial charge in [0, 0.05) is 18.9 Å². The average molecular weight is 322 g/mol. The number of nitrogens with zero attached hydrogens (tertiary/aromatic N) is 6. The van der Waals surface area contributed by atoms with E-state index in [-0.39, 0.29) is 11.9 Å². The summed E-state index contributed by atoms with van der Waals surface area (Å²) in [6.45, 7) is 1.47. The summed E-state index contributed by atoms with van der Waals surface area (Å²) in [6, 6.07) is 11.6. The van der Waals surface area contributed by atoms with Crippen LogP contribution in [0.15, 0.2) is 55.0 Å². The van der Waals surface area contributed by atoms with Gasteiger partial charge in [0.25, 0.3) is 5.91 Å². The Labute approximate surface area is 139 Å². The van der Waals surface area contributed by atoms with E-state index in [1.165, 1.54) is 4.80 Å². The molecule has 1 atom stereocenters. The first-order valence-electron chi connectivity index (χ1n) is 8.07. The molecular formula is C17H18N6O. The van der Waals surface area contributed by atoms with E-state index in [1.54, 1.807) is 12.4 Å². The van der Waals surface area contributed by atoms with Crippen molar-refractivity contribution in [3.63, 3.8) is 0 Å². The molecule has 4 rings (SSSR count). The molecule has 1 amide bonds. The minimum Gasteiger partial charge on any atom is -0.332 e. The topological polar surface area (TPSA) is 68.8 Å². The predicted octanol–water partition coefficient (Wildman–Crippen LogP) is 1.77. The van der Waals surface area contributed by atoms with E-state index in [2.05, 4.69) is 15.3 Å². The van der Waals surface area contributed by atoms with Gasteiger partial charge in [0.05, 0.1) is 24.5 Å². The first-order chi connectivity index (χ1) is 11.8. The Hall–Kier alpha value is -2.96. The minimum atomic E-state index is -0.0631. The molecule has 0 radical (unpaired) electrons. The Morgan fingerprint density at radius 3 is 2.83 bits per heavy atom. The van der Waals surface area contributed by atoms with Gasteiger partial charge in [-0.1, -0.05) is 18.2 Å². The summed E-state index contributed by atoms with van der Waals surface area (Å²) >= 11 is 0. The van der Waals surface area contributed by atoms with Gasteiger partial charge >= 0.3 is 0 Å². The van der Waals surface area contributed by atoms with Crippen LogP contribution in [0.1, 0.15) is 23.3 Å². The van der Waals surface area contributed by atoms with E-state index in [4.69, 9.17) is 0 Å². The monoisotopic (exact) mass is 322 g/mol. The first-order valence-corrected chi connectivity index (χ1v) is 8.07. The van der Waals surface area contributed by atoms with Crippen molar-refractivity contribution in [1.29, 1.82) is 0 Å². The molecule has 122 valence electrons. The fraction of sp³-hybridized carbons (Fsp3) is 0.294. The van der Waals surface area contributed by atoms with E-state index in [0.717, 1.165) is 25.1 Å². The molecule has 3 aromatic rings. The molecule has 7 nitrogen and oxygen atoms in total. The molecule has 0 unspecified atom stereocenters. The molecule has 1 fully saturated rings. The maximum absolute atomic E-state index is 12.8. The van der Waals surface area contributed by atoms with Crippen LogP contribution in [-0.2, 0) is 6.54 Å². The molecule has 1 aliphatic heterocycles. The largest absolute Gasteiger partial charge is 0.332 e. The second kappa shape index (κ2) is 6.27. The summed E-state index contributed by atoms with van der Waals surface area (Å²) in [5.41, 5.74) is 1.22. The van der Waals surface area contributed by atoms with Crippen molar-refractivity contribution in [2.45, 2.75) is 25.4 Å². The zero-order valence-electron chi connectivity index (χ0n) is 13.2. The smallest absolute Gasteiger partial charge is 0.276 e. The van der Waals surface area contributed by atoms with Gasteiger partial charge in [0.1, 0.15) is 0 Å². The van der Waals surface area contributed by atoms with Crippen LogP contribution < -0.4 is 0 Å². The number of likely N-dealkylation sites (tertiary alicyclic amines) is 1. The van der Waals surface area contributed by atoms with Gasteiger partial charge in [-0.15, -0.1) is 5.10 Å². The van der Waals surface area contributed by atoms with E-state index >= 15 is 0 Å². The molecule has 0 aliphatic carbocycles. The highest BCUT2D eigenvalue weighted by atomic mass is 16.2.